The number of aromatic amines is 1. The number of hydrogen-bond donors (Lipinski definition) is 2. The second-order valence-electron chi connectivity index (χ2n) is 4.86. The first-order chi connectivity index (χ1) is 10.3. The van der Waals surface area contributed by atoms with Crippen molar-refractivity contribution < 1.29 is 56.1 Å². The van der Waals surface area contributed by atoms with E-state index in [4.69, 9.17) is 10.1 Å². The molecule has 3 rings (SSSR count). The van der Waals surface area contributed by atoms with Crippen LogP contribution in [-0.2, 0) is 4.74 Å². The van der Waals surface area contributed by atoms with Crippen LogP contribution in [0.4, 0.5) is 0 Å². The number of H-pyrrole nitrogens is 1. The Bertz CT molecular complexity index is 675. The molecule has 0 radical (unpaired) electrons. The van der Waals surface area contributed by atoms with Gasteiger partial charge in [-0.25, -0.2) is 0 Å². The van der Waals surface area contributed by atoms with Gasteiger partial charge in [0, 0.05) is 18.6 Å². The standard InChI is InChI=1S/C15H18N5O.K/c1-17-14(20-6-8-21-9-7-20)10-12(16)15-11-4-2-3-5-13(11)18-19-15;/h2-5,10,16H,6-9H2,1H3,(H,18,19);/q-1;+1/b14-10+,16-12?;. The zero-order valence-corrected chi connectivity index (χ0v) is 16.1. The van der Waals surface area contributed by atoms with Crippen LogP contribution < -0.4 is 51.4 Å². The molecule has 0 unspecified atom stereocenters. The second-order valence-corrected chi connectivity index (χ2v) is 4.86. The molecule has 6 nitrogen and oxygen atoms in total. The third kappa shape index (κ3) is 3.79. The molecule has 1 saturated heterocycles. The number of aromatic nitrogens is 2. The molecule has 22 heavy (non-hydrogen) atoms. The summed E-state index contributed by atoms with van der Waals surface area (Å²) in [5.41, 5.74) is 1.95. The Labute approximate surface area is 172 Å². The zero-order chi connectivity index (χ0) is 14.7. The maximum atomic E-state index is 8.30. The molecule has 0 aliphatic carbocycles. The van der Waals surface area contributed by atoms with Crippen LogP contribution in [0.25, 0.3) is 16.2 Å². The number of ether oxygens (including phenoxy) is 1. The molecule has 0 saturated carbocycles. The topological polar surface area (TPSA) is 79.1 Å². The van der Waals surface area contributed by atoms with Crippen molar-refractivity contribution in [1.29, 1.82) is 5.41 Å². The van der Waals surface area contributed by atoms with E-state index in [-0.39, 0.29) is 51.4 Å². The first-order valence-corrected chi connectivity index (χ1v) is 6.96. The van der Waals surface area contributed by atoms with Crippen molar-refractivity contribution in [2.45, 2.75) is 0 Å². The van der Waals surface area contributed by atoms with Crippen LogP contribution in [0.5, 0.6) is 0 Å². The fraction of sp³-hybridized carbons (Fsp3) is 0.333. The number of nitrogens with zero attached hydrogens (tertiary/aromatic N) is 3. The zero-order valence-electron chi connectivity index (χ0n) is 13.0. The first-order valence-electron chi connectivity index (χ1n) is 6.96. The molecule has 0 amide bonds. The maximum Gasteiger partial charge on any atom is 1.00 e. The molecule has 0 bridgehead atoms. The van der Waals surface area contributed by atoms with Gasteiger partial charge in [0.1, 0.15) is 5.69 Å². The number of nitrogens with one attached hydrogen (secondary N) is 2. The fourth-order valence-electron chi connectivity index (χ4n) is 2.46. The molecular weight excluding hydrogens is 305 g/mol. The Kier molecular flexibility index (Phi) is 6.60. The van der Waals surface area contributed by atoms with Crippen molar-refractivity contribution in [3.05, 3.63) is 47.2 Å². The normalized spacial score (nSPS) is 15.5. The largest absolute Gasteiger partial charge is 1.00 e. The van der Waals surface area contributed by atoms with Crippen molar-refractivity contribution in [2.24, 2.45) is 0 Å². The number of morpholine rings is 1. The van der Waals surface area contributed by atoms with E-state index >= 15 is 0 Å². The van der Waals surface area contributed by atoms with Crippen LogP contribution in [0.2, 0.25) is 0 Å². The molecule has 0 atom stereocenters. The number of allylic oxidation sites excluding steroid dienone is 1. The van der Waals surface area contributed by atoms with E-state index in [1.54, 1.807) is 13.1 Å². The quantitative estimate of drug-likeness (QED) is 0.566. The molecule has 2 aromatic rings. The van der Waals surface area contributed by atoms with Gasteiger partial charge in [0.05, 0.1) is 11.2 Å². The predicted octanol–water partition coefficient (Wildman–Crippen LogP) is -0.888. The Morgan fingerprint density at radius 2 is 2.09 bits per heavy atom. The molecule has 0 spiro atoms. The fourth-order valence-corrected chi connectivity index (χ4v) is 2.46. The number of fused-ring (bicyclic) bond motifs is 1. The molecule has 2 N–H and O–H groups in total. The first kappa shape index (κ1) is 17.6. The van der Waals surface area contributed by atoms with E-state index in [0.29, 0.717) is 24.6 Å². The van der Waals surface area contributed by atoms with Gasteiger partial charge in [-0.05, 0) is 25.2 Å². The summed E-state index contributed by atoms with van der Waals surface area (Å²) in [7, 11) is 1.75. The van der Waals surface area contributed by atoms with Crippen molar-refractivity contribution in [3.63, 3.8) is 0 Å². The summed E-state index contributed by atoms with van der Waals surface area (Å²) in [4.78, 5) is 2.13. The molecule has 1 aromatic heterocycles. The minimum Gasteiger partial charge on any atom is -0.469 e. The van der Waals surface area contributed by atoms with Gasteiger partial charge in [0.15, 0.2) is 0 Å². The molecule has 2 heterocycles. The van der Waals surface area contributed by atoms with Gasteiger partial charge >= 0.3 is 51.4 Å². The summed E-state index contributed by atoms with van der Waals surface area (Å²) in [6.07, 6.45) is 1.77. The molecule has 7 heteroatoms. The van der Waals surface area contributed by atoms with Gasteiger partial charge in [-0.2, -0.15) is 5.10 Å². The summed E-state index contributed by atoms with van der Waals surface area (Å²) < 4.78 is 5.35. The van der Waals surface area contributed by atoms with Crippen LogP contribution in [0.15, 0.2) is 36.2 Å². The van der Waals surface area contributed by atoms with Crippen molar-refractivity contribution >= 4 is 16.6 Å². The Morgan fingerprint density at radius 1 is 1.36 bits per heavy atom. The van der Waals surface area contributed by atoms with Gasteiger partial charge in [0.2, 0.25) is 0 Å². The molecule has 1 aliphatic rings. The van der Waals surface area contributed by atoms with Gasteiger partial charge in [-0.3, -0.25) is 10.5 Å². The maximum absolute atomic E-state index is 8.30. The van der Waals surface area contributed by atoms with Gasteiger partial charge in [-0.1, -0.05) is 31.1 Å². The van der Waals surface area contributed by atoms with Crippen molar-refractivity contribution in [1.82, 2.24) is 15.1 Å². The van der Waals surface area contributed by atoms with E-state index < -0.39 is 0 Å². The minimum absolute atomic E-state index is 0. The predicted molar refractivity (Wildman–Crippen MR) is 82.7 cm³/mol. The van der Waals surface area contributed by atoms with Gasteiger partial charge < -0.3 is 15.0 Å². The van der Waals surface area contributed by atoms with E-state index in [9.17, 15) is 0 Å². The van der Waals surface area contributed by atoms with Crippen molar-refractivity contribution in [3.8, 4) is 0 Å². The Hall–Kier alpha value is -0.704. The number of benzene rings is 1. The summed E-state index contributed by atoms with van der Waals surface area (Å²) >= 11 is 0. The van der Waals surface area contributed by atoms with Crippen LogP contribution in [0.3, 0.4) is 0 Å². The minimum atomic E-state index is 0. The van der Waals surface area contributed by atoms with E-state index in [0.717, 1.165) is 29.8 Å². The SMILES string of the molecule is C[N-]/C(=C\C(=N)c1n[nH]c2ccccc12)N1CCOCC1.[K+]. The average Bonchev–Trinajstić information content (AvgIpc) is 2.97. The van der Waals surface area contributed by atoms with Crippen LogP contribution in [0.1, 0.15) is 5.69 Å². The average molecular weight is 323 g/mol. The monoisotopic (exact) mass is 323 g/mol. The second kappa shape index (κ2) is 8.23. The van der Waals surface area contributed by atoms with E-state index in [1.807, 2.05) is 24.3 Å². The van der Waals surface area contributed by atoms with Gasteiger partial charge in [0.25, 0.3) is 0 Å². The summed E-state index contributed by atoms with van der Waals surface area (Å²) in [6.45, 7) is 3.01. The number of rotatable bonds is 4. The molecular formula is C15H18KN5O. The molecule has 1 fully saturated rings. The van der Waals surface area contributed by atoms with Gasteiger partial charge in [-0.15, -0.1) is 0 Å². The van der Waals surface area contributed by atoms with Crippen LogP contribution in [-0.4, -0.2) is 54.2 Å². The van der Waals surface area contributed by atoms with E-state index in [1.165, 1.54) is 0 Å². The summed E-state index contributed by atoms with van der Waals surface area (Å²) in [5, 5.41) is 20.8. The Morgan fingerprint density at radius 3 is 2.82 bits per heavy atom. The summed E-state index contributed by atoms with van der Waals surface area (Å²) in [6, 6.07) is 7.82. The molecule has 1 aliphatic heterocycles. The van der Waals surface area contributed by atoms with Crippen molar-refractivity contribution in [2.75, 3.05) is 33.4 Å². The third-order valence-electron chi connectivity index (χ3n) is 3.56. The molecule has 110 valence electrons. The molecule has 1 aromatic carbocycles. The van der Waals surface area contributed by atoms with E-state index in [2.05, 4.69) is 20.4 Å². The number of para-hydroxylation sites is 1. The van der Waals surface area contributed by atoms with Crippen LogP contribution >= 0.6 is 0 Å². The number of hydrogen-bond acceptors (Lipinski definition) is 4. The summed E-state index contributed by atoms with van der Waals surface area (Å²) in [5.74, 6) is 0.801. The smallest absolute Gasteiger partial charge is 0.469 e. The van der Waals surface area contributed by atoms with Crippen LogP contribution in [0, 0.1) is 5.41 Å². The Balaban J connectivity index is 0.00000176. The third-order valence-corrected chi connectivity index (χ3v) is 3.56.